The molecule has 1 atom stereocenters. The fourth-order valence-electron chi connectivity index (χ4n) is 2.27. The molecule has 0 amide bonds. The van der Waals surface area contributed by atoms with Crippen molar-refractivity contribution in [1.82, 2.24) is 9.88 Å². The minimum absolute atomic E-state index is 0.206. The summed E-state index contributed by atoms with van der Waals surface area (Å²) in [6, 6.07) is 4.40. The largest absolute Gasteiger partial charge is 0.353 e. The second-order valence-corrected chi connectivity index (χ2v) is 4.16. The molecule has 3 N–H and O–H groups in total. The van der Waals surface area contributed by atoms with Crippen molar-refractivity contribution in [2.24, 2.45) is 18.7 Å². The lowest BCUT2D eigenvalue weighted by Crippen LogP contribution is -2.34. The third-order valence-electron chi connectivity index (χ3n) is 3.22. The second-order valence-electron chi connectivity index (χ2n) is 4.16. The van der Waals surface area contributed by atoms with Crippen LogP contribution in [-0.4, -0.2) is 17.7 Å². The van der Waals surface area contributed by atoms with E-state index in [1.54, 1.807) is 0 Å². The summed E-state index contributed by atoms with van der Waals surface area (Å²) >= 11 is 0. The van der Waals surface area contributed by atoms with E-state index in [-0.39, 0.29) is 6.04 Å². The number of hydrogen-bond donors (Lipinski definition) is 2. The van der Waals surface area contributed by atoms with Crippen molar-refractivity contribution in [3.05, 3.63) is 24.0 Å². The lowest BCUT2D eigenvalue weighted by Gasteiger charge is -2.28. The average Bonchev–Trinajstić information content (AvgIpc) is 2.65. The van der Waals surface area contributed by atoms with Gasteiger partial charge in [-0.1, -0.05) is 0 Å². The first kappa shape index (κ1) is 9.74. The summed E-state index contributed by atoms with van der Waals surface area (Å²) in [7, 11) is 2.07. The zero-order valence-electron chi connectivity index (χ0n) is 8.74. The van der Waals surface area contributed by atoms with Gasteiger partial charge in [0.2, 0.25) is 0 Å². The number of nitrogens with one attached hydrogen (secondary N) is 1. The Balaban J connectivity index is 2.07. The predicted molar refractivity (Wildman–Crippen MR) is 57.9 cm³/mol. The highest BCUT2D eigenvalue weighted by Crippen LogP contribution is 2.26. The van der Waals surface area contributed by atoms with Crippen LogP contribution in [0.3, 0.4) is 0 Å². The molecule has 2 rings (SSSR count). The highest BCUT2D eigenvalue weighted by atomic mass is 15.0. The number of aromatic nitrogens is 1. The number of hydrogen-bond acceptors (Lipinski definition) is 2. The first-order chi connectivity index (χ1) is 6.79. The van der Waals surface area contributed by atoms with Gasteiger partial charge < -0.3 is 15.6 Å². The third kappa shape index (κ3) is 1.83. The summed E-state index contributed by atoms with van der Waals surface area (Å²) in [5.41, 5.74) is 7.53. The third-order valence-corrected chi connectivity index (χ3v) is 3.22. The molecule has 78 valence electrons. The van der Waals surface area contributed by atoms with Crippen LogP contribution in [0.4, 0.5) is 0 Å². The summed E-state index contributed by atoms with van der Waals surface area (Å²) in [5, 5.41) is 3.37. The highest BCUT2D eigenvalue weighted by molar-refractivity contribution is 5.12. The van der Waals surface area contributed by atoms with Crippen LogP contribution in [-0.2, 0) is 7.05 Å². The average molecular weight is 193 g/mol. The second kappa shape index (κ2) is 4.15. The van der Waals surface area contributed by atoms with Gasteiger partial charge in [-0.15, -0.1) is 0 Å². The van der Waals surface area contributed by atoms with Crippen molar-refractivity contribution in [3.63, 3.8) is 0 Å². The van der Waals surface area contributed by atoms with Crippen LogP contribution in [0.25, 0.3) is 0 Å². The van der Waals surface area contributed by atoms with Gasteiger partial charge in [-0.25, -0.2) is 0 Å². The van der Waals surface area contributed by atoms with Crippen LogP contribution in [0.1, 0.15) is 24.6 Å². The summed E-state index contributed by atoms with van der Waals surface area (Å²) in [6.45, 7) is 2.23. The molecule has 3 heteroatoms. The van der Waals surface area contributed by atoms with Gasteiger partial charge in [-0.3, -0.25) is 0 Å². The van der Waals surface area contributed by atoms with Crippen LogP contribution in [0, 0.1) is 5.92 Å². The zero-order valence-corrected chi connectivity index (χ0v) is 8.74. The monoisotopic (exact) mass is 193 g/mol. The van der Waals surface area contributed by atoms with Crippen LogP contribution < -0.4 is 11.1 Å². The molecular weight excluding hydrogens is 174 g/mol. The molecule has 0 spiro atoms. The minimum Gasteiger partial charge on any atom is -0.353 e. The van der Waals surface area contributed by atoms with Crippen LogP contribution in [0.5, 0.6) is 0 Å². The Morgan fingerprint density at radius 1 is 1.50 bits per heavy atom. The Bertz CT molecular complexity index is 286. The van der Waals surface area contributed by atoms with Gasteiger partial charge in [-0.2, -0.15) is 0 Å². The quantitative estimate of drug-likeness (QED) is 0.736. The summed E-state index contributed by atoms with van der Waals surface area (Å²) in [4.78, 5) is 0. The molecule has 2 heterocycles. The maximum atomic E-state index is 6.27. The first-order valence-electron chi connectivity index (χ1n) is 5.36. The molecular formula is C11H19N3. The molecule has 0 unspecified atom stereocenters. The van der Waals surface area contributed by atoms with Gasteiger partial charge in [-0.05, 0) is 44.0 Å². The molecule has 0 saturated carbocycles. The van der Waals surface area contributed by atoms with Gasteiger partial charge in [0.25, 0.3) is 0 Å². The summed E-state index contributed by atoms with van der Waals surface area (Å²) in [6.07, 6.45) is 4.47. The molecule has 0 aromatic carbocycles. The van der Waals surface area contributed by atoms with E-state index < -0.39 is 0 Å². The molecule has 0 bridgehead atoms. The summed E-state index contributed by atoms with van der Waals surface area (Å²) < 4.78 is 2.13. The maximum Gasteiger partial charge on any atom is 0.0479 e. The predicted octanol–water partition coefficient (Wildman–Crippen LogP) is 1.02. The van der Waals surface area contributed by atoms with Crippen LogP contribution in [0.2, 0.25) is 0 Å². The standard InChI is InChI=1S/C11H19N3/c1-14-8-2-3-10(14)11(12)9-4-6-13-7-5-9/h2-3,8-9,11,13H,4-7,12H2,1H3/t11-/m1/s1. The Labute approximate surface area is 85.3 Å². The number of rotatable bonds is 2. The van der Waals surface area contributed by atoms with E-state index in [0.29, 0.717) is 5.92 Å². The molecule has 1 aromatic rings. The normalized spacial score (nSPS) is 21.0. The van der Waals surface area contributed by atoms with Crippen molar-refractivity contribution >= 4 is 0 Å². The van der Waals surface area contributed by atoms with Crippen molar-refractivity contribution in [3.8, 4) is 0 Å². The zero-order chi connectivity index (χ0) is 9.97. The molecule has 3 nitrogen and oxygen atoms in total. The molecule has 1 aromatic heterocycles. The van der Waals surface area contributed by atoms with Gasteiger partial charge in [0.15, 0.2) is 0 Å². The van der Waals surface area contributed by atoms with E-state index in [1.807, 2.05) is 0 Å². The Hall–Kier alpha value is -0.800. The Morgan fingerprint density at radius 2 is 2.21 bits per heavy atom. The van der Waals surface area contributed by atoms with Gasteiger partial charge in [0, 0.05) is 25.0 Å². The number of nitrogens with two attached hydrogens (primary N) is 1. The topological polar surface area (TPSA) is 43.0 Å². The Morgan fingerprint density at radius 3 is 2.79 bits per heavy atom. The fraction of sp³-hybridized carbons (Fsp3) is 0.636. The van der Waals surface area contributed by atoms with E-state index in [9.17, 15) is 0 Å². The van der Waals surface area contributed by atoms with Crippen LogP contribution in [0.15, 0.2) is 18.3 Å². The number of nitrogens with zero attached hydrogens (tertiary/aromatic N) is 1. The van der Waals surface area contributed by atoms with E-state index in [2.05, 4.69) is 35.3 Å². The molecule has 1 fully saturated rings. The van der Waals surface area contributed by atoms with E-state index >= 15 is 0 Å². The first-order valence-corrected chi connectivity index (χ1v) is 5.36. The van der Waals surface area contributed by atoms with E-state index in [1.165, 1.54) is 18.5 Å². The van der Waals surface area contributed by atoms with Gasteiger partial charge in [0.1, 0.15) is 0 Å². The smallest absolute Gasteiger partial charge is 0.0479 e. The van der Waals surface area contributed by atoms with Crippen molar-refractivity contribution in [1.29, 1.82) is 0 Å². The molecule has 0 aliphatic carbocycles. The van der Waals surface area contributed by atoms with E-state index in [4.69, 9.17) is 5.73 Å². The minimum atomic E-state index is 0.206. The van der Waals surface area contributed by atoms with Gasteiger partial charge in [0.05, 0.1) is 0 Å². The highest BCUT2D eigenvalue weighted by Gasteiger charge is 2.22. The van der Waals surface area contributed by atoms with Gasteiger partial charge >= 0.3 is 0 Å². The van der Waals surface area contributed by atoms with Crippen molar-refractivity contribution in [2.75, 3.05) is 13.1 Å². The fourth-order valence-corrected chi connectivity index (χ4v) is 2.27. The van der Waals surface area contributed by atoms with Crippen LogP contribution >= 0.6 is 0 Å². The number of piperidine rings is 1. The van der Waals surface area contributed by atoms with Crippen molar-refractivity contribution in [2.45, 2.75) is 18.9 Å². The number of aryl methyl sites for hydroxylation is 1. The SMILES string of the molecule is Cn1cccc1[C@H](N)C1CCNCC1. The molecule has 14 heavy (non-hydrogen) atoms. The molecule has 1 aliphatic rings. The summed E-state index contributed by atoms with van der Waals surface area (Å²) in [5.74, 6) is 0.643. The van der Waals surface area contributed by atoms with Crippen molar-refractivity contribution < 1.29 is 0 Å². The lowest BCUT2D eigenvalue weighted by atomic mass is 9.89. The molecule has 0 radical (unpaired) electrons. The maximum absolute atomic E-state index is 6.27. The molecule has 1 aliphatic heterocycles. The van der Waals surface area contributed by atoms with E-state index in [0.717, 1.165) is 13.1 Å². The molecule has 1 saturated heterocycles. The lowest BCUT2D eigenvalue weighted by molar-refractivity contribution is 0.315. The Kier molecular flexibility index (Phi) is 2.89.